The molecule has 0 spiro atoms. The number of carbonyl (C=O) groups excluding carboxylic acids is 2. The zero-order valence-corrected chi connectivity index (χ0v) is 14.9. The fraction of sp³-hybridized carbons (Fsp3) is 0.211. The van der Waals surface area contributed by atoms with Crippen LogP contribution in [0.5, 0.6) is 0 Å². The van der Waals surface area contributed by atoms with Gasteiger partial charge in [-0.15, -0.1) is 11.8 Å². The van der Waals surface area contributed by atoms with Gasteiger partial charge in [0.05, 0.1) is 17.2 Å². The van der Waals surface area contributed by atoms with Crippen LogP contribution in [-0.4, -0.2) is 36.7 Å². The molecule has 0 aliphatic heterocycles. The van der Waals surface area contributed by atoms with E-state index >= 15 is 0 Å². The summed E-state index contributed by atoms with van der Waals surface area (Å²) in [5.74, 6) is -0.915. The van der Waals surface area contributed by atoms with Gasteiger partial charge in [-0.3, -0.25) is 4.79 Å². The lowest BCUT2D eigenvalue weighted by Gasteiger charge is -2.17. The quantitative estimate of drug-likeness (QED) is 0.589. The molecule has 0 N–H and O–H groups in total. The van der Waals surface area contributed by atoms with E-state index in [1.165, 1.54) is 11.0 Å². The number of nitrogens with zero attached hydrogens (tertiary/aromatic N) is 2. The molecule has 5 nitrogen and oxygen atoms in total. The lowest BCUT2D eigenvalue weighted by molar-refractivity contribution is -0.133. The van der Waals surface area contributed by atoms with E-state index < -0.39 is 5.97 Å². The van der Waals surface area contributed by atoms with Gasteiger partial charge in [-0.25, -0.2) is 4.79 Å². The van der Waals surface area contributed by atoms with Crippen molar-refractivity contribution in [1.29, 1.82) is 5.26 Å². The molecule has 0 heterocycles. The van der Waals surface area contributed by atoms with Crippen LogP contribution >= 0.6 is 11.8 Å². The molecular formula is C19H18N2O3S. The summed E-state index contributed by atoms with van der Waals surface area (Å²) in [6, 6.07) is 16.1. The molecule has 25 heavy (non-hydrogen) atoms. The lowest BCUT2D eigenvalue weighted by Crippen LogP contribution is -2.30. The first-order valence-electron chi connectivity index (χ1n) is 7.57. The van der Waals surface area contributed by atoms with Crippen molar-refractivity contribution in [2.24, 2.45) is 0 Å². The molecule has 0 aliphatic rings. The van der Waals surface area contributed by atoms with Crippen molar-refractivity contribution in [2.45, 2.75) is 11.4 Å². The van der Waals surface area contributed by atoms with Crippen LogP contribution in [0.25, 0.3) is 0 Å². The van der Waals surface area contributed by atoms with Gasteiger partial charge in [-0.05, 0) is 42.2 Å². The Balaban J connectivity index is 1.87. The Bertz CT molecular complexity index is 797. The van der Waals surface area contributed by atoms with Gasteiger partial charge in [0, 0.05) is 18.5 Å². The number of ether oxygens (including phenoxy) is 1. The number of esters is 1. The second kappa shape index (κ2) is 8.90. The molecule has 2 aromatic carbocycles. The van der Waals surface area contributed by atoms with Crippen molar-refractivity contribution in [3.63, 3.8) is 0 Å². The fourth-order valence-corrected chi connectivity index (χ4v) is 2.54. The van der Waals surface area contributed by atoms with Crippen LogP contribution in [0.15, 0.2) is 53.4 Å². The average molecular weight is 354 g/mol. The van der Waals surface area contributed by atoms with Crippen LogP contribution < -0.4 is 0 Å². The van der Waals surface area contributed by atoms with E-state index in [0.717, 1.165) is 10.5 Å². The zero-order chi connectivity index (χ0) is 18.2. The Morgan fingerprint density at radius 3 is 2.56 bits per heavy atom. The van der Waals surface area contributed by atoms with E-state index in [9.17, 15) is 9.59 Å². The molecule has 0 aromatic heterocycles. The Morgan fingerprint density at radius 1 is 1.20 bits per heavy atom. The molecule has 1 amide bonds. The van der Waals surface area contributed by atoms with E-state index in [2.05, 4.69) is 0 Å². The number of hydrogen-bond donors (Lipinski definition) is 0. The van der Waals surface area contributed by atoms with E-state index in [4.69, 9.17) is 10.00 Å². The van der Waals surface area contributed by atoms with Crippen molar-refractivity contribution in [2.75, 3.05) is 19.9 Å². The van der Waals surface area contributed by atoms with Gasteiger partial charge < -0.3 is 9.64 Å². The van der Waals surface area contributed by atoms with Crippen LogP contribution in [0.2, 0.25) is 0 Å². The summed E-state index contributed by atoms with van der Waals surface area (Å²) in [6.07, 6.45) is 2.01. The minimum Gasteiger partial charge on any atom is -0.452 e. The highest BCUT2D eigenvalue weighted by Gasteiger charge is 2.14. The topological polar surface area (TPSA) is 70.4 Å². The van der Waals surface area contributed by atoms with Crippen molar-refractivity contribution in [3.8, 4) is 6.07 Å². The summed E-state index contributed by atoms with van der Waals surface area (Å²) < 4.78 is 5.04. The SMILES string of the molecule is CSc1ccc(CN(C)C(=O)COC(=O)c2cccc(C#N)c2)cc1. The molecule has 0 fully saturated rings. The van der Waals surface area contributed by atoms with Crippen LogP contribution in [0.1, 0.15) is 21.5 Å². The minimum atomic E-state index is -0.622. The highest BCUT2D eigenvalue weighted by molar-refractivity contribution is 7.98. The normalized spacial score (nSPS) is 9.96. The summed E-state index contributed by atoms with van der Waals surface area (Å²) in [5.41, 5.74) is 1.62. The van der Waals surface area contributed by atoms with Gasteiger partial charge in [0.1, 0.15) is 0 Å². The number of thioether (sulfide) groups is 1. The molecule has 6 heteroatoms. The molecule has 0 saturated heterocycles. The number of rotatable bonds is 6. The summed E-state index contributed by atoms with van der Waals surface area (Å²) in [7, 11) is 1.66. The van der Waals surface area contributed by atoms with Crippen molar-refractivity contribution < 1.29 is 14.3 Å². The third-order valence-electron chi connectivity index (χ3n) is 3.56. The van der Waals surface area contributed by atoms with E-state index in [1.54, 1.807) is 37.0 Å². The fourth-order valence-electron chi connectivity index (χ4n) is 2.13. The minimum absolute atomic E-state index is 0.252. The molecule has 2 aromatic rings. The van der Waals surface area contributed by atoms with Crippen LogP contribution in [0.3, 0.4) is 0 Å². The highest BCUT2D eigenvalue weighted by atomic mass is 32.2. The molecule has 0 radical (unpaired) electrons. The Hall–Kier alpha value is -2.78. The summed E-state index contributed by atoms with van der Waals surface area (Å²) >= 11 is 1.66. The van der Waals surface area contributed by atoms with Gasteiger partial charge in [0.25, 0.3) is 5.91 Å². The molecule has 0 aliphatic carbocycles. The van der Waals surface area contributed by atoms with Gasteiger partial charge in [-0.1, -0.05) is 18.2 Å². The second-order valence-electron chi connectivity index (χ2n) is 5.37. The Kier molecular flexibility index (Phi) is 6.61. The van der Waals surface area contributed by atoms with Gasteiger partial charge in [0.15, 0.2) is 6.61 Å². The molecule has 0 saturated carbocycles. The first kappa shape index (κ1) is 18.6. The molecule has 0 unspecified atom stereocenters. The summed E-state index contributed by atoms with van der Waals surface area (Å²) in [6.45, 7) is 0.101. The predicted molar refractivity (Wildman–Crippen MR) is 96.1 cm³/mol. The molecule has 0 atom stereocenters. The first-order valence-corrected chi connectivity index (χ1v) is 8.80. The molecule has 128 valence electrons. The lowest BCUT2D eigenvalue weighted by atomic mass is 10.1. The van der Waals surface area contributed by atoms with E-state index in [-0.39, 0.29) is 18.1 Å². The summed E-state index contributed by atoms with van der Waals surface area (Å²) in [5, 5.41) is 8.84. The Morgan fingerprint density at radius 2 is 1.92 bits per heavy atom. The van der Waals surface area contributed by atoms with Gasteiger partial charge in [-0.2, -0.15) is 5.26 Å². The third kappa shape index (κ3) is 5.37. The zero-order valence-electron chi connectivity index (χ0n) is 14.1. The van der Waals surface area contributed by atoms with Crippen molar-refractivity contribution in [1.82, 2.24) is 4.90 Å². The number of nitriles is 1. The molecule has 0 bridgehead atoms. The first-order chi connectivity index (χ1) is 12.0. The van der Waals surface area contributed by atoms with Crippen LogP contribution in [0.4, 0.5) is 0 Å². The standard InChI is InChI=1S/C19H18N2O3S/c1-21(12-14-6-8-17(25-2)9-7-14)18(22)13-24-19(23)16-5-3-4-15(10-16)11-20/h3-10H,12-13H2,1-2H3. The van der Waals surface area contributed by atoms with Gasteiger partial charge in [0.2, 0.25) is 0 Å². The predicted octanol–water partition coefficient (Wildman–Crippen LogP) is 3.10. The number of hydrogen-bond acceptors (Lipinski definition) is 5. The van der Waals surface area contributed by atoms with Crippen molar-refractivity contribution >= 4 is 23.6 Å². The van der Waals surface area contributed by atoms with Crippen LogP contribution in [-0.2, 0) is 16.1 Å². The monoisotopic (exact) mass is 354 g/mol. The highest BCUT2D eigenvalue weighted by Crippen LogP contribution is 2.15. The Labute approximate surface area is 151 Å². The maximum atomic E-state index is 12.1. The average Bonchev–Trinajstić information content (AvgIpc) is 2.66. The maximum absolute atomic E-state index is 12.1. The number of carbonyl (C=O) groups is 2. The maximum Gasteiger partial charge on any atom is 0.338 e. The van der Waals surface area contributed by atoms with E-state index in [1.807, 2.05) is 36.6 Å². The molecule has 2 rings (SSSR count). The smallest absolute Gasteiger partial charge is 0.338 e. The third-order valence-corrected chi connectivity index (χ3v) is 4.30. The second-order valence-corrected chi connectivity index (χ2v) is 6.25. The van der Waals surface area contributed by atoms with Crippen molar-refractivity contribution in [3.05, 3.63) is 65.2 Å². The number of amides is 1. The number of benzene rings is 2. The summed E-state index contributed by atoms with van der Waals surface area (Å²) in [4.78, 5) is 26.8. The van der Waals surface area contributed by atoms with Crippen LogP contribution in [0, 0.1) is 11.3 Å². The largest absolute Gasteiger partial charge is 0.452 e. The van der Waals surface area contributed by atoms with Gasteiger partial charge >= 0.3 is 5.97 Å². The van der Waals surface area contributed by atoms with E-state index in [0.29, 0.717) is 12.1 Å². The number of likely N-dealkylation sites (N-methyl/N-ethyl adjacent to an activating group) is 1. The molecular weight excluding hydrogens is 336 g/mol.